The Morgan fingerprint density at radius 2 is 1.88 bits per heavy atom. The Balaban J connectivity index is 0.00000144. The summed E-state index contributed by atoms with van der Waals surface area (Å²) in [5, 5.41) is 0. The molecule has 24 heavy (non-hydrogen) atoms. The molecule has 1 aromatic rings. The van der Waals surface area contributed by atoms with Crippen LogP contribution in [0.5, 0.6) is 0 Å². The average molecular weight is 376 g/mol. The number of amides is 1. The van der Waals surface area contributed by atoms with Crippen molar-refractivity contribution in [2.24, 2.45) is 11.1 Å². The van der Waals surface area contributed by atoms with Crippen molar-refractivity contribution in [3.63, 3.8) is 0 Å². The number of rotatable bonds is 2. The predicted octanol–water partition coefficient (Wildman–Crippen LogP) is 2.06. The van der Waals surface area contributed by atoms with Gasteiger partial charge in [-0.15, -0.1) is 24.8 Å². The average Bonchev–Trinajstić information content (AvgIpc) is 2.74. The molecule has 0 aliphatic carbocycles. The Labute approximate surface area is 156 Å². The zero-order chi connectivity index (χ0) is 15.6. The van der Waals surface area contributed by atoms with E-state index in [-0.39, 0.29) is 30.7 Å². The van der Waals surface area contributed by atoms with Gasteiger partial charge in [-0.2, -0.15) is 0 Å². The highest BCUT2D eigenvalue weighted by Gasteiger charge is 2.41. The summed E-state index contributed by atoms with van der Waals surface area (Å²) < 4.78 is 5.43. The van der Waals surface area contributed by atoms with Gasteiger partial charge in [-0.25, -0.2) is 0 Å². The highest BCUT2D eigenvalue weighted by Crippen LogP contribution is 2.33. The van der Waals surface area contributed by atoms with Crippen molar-refractivity contribution < 1.29 is 9.53 Å². The molecule has 2 aliphatic heterocycles. The number of ether oxygens (including phenoxy) is 1. The minimum absolute atomic E-state index is 0. The molecule has 1 amide bonds. The lowest BCUT2D eigenvalue weighted by Crippen LogP contribution is -2.51. The molecule has 1 fully saturated rings. The summed E-state index contributed by atoms with van der Waals surface area (Å²) in [5.41, 5.74) is 7.98. The molecule has 1 aromatic carbocycles. The largest absolute Gasteiger partial charge is 0.381 e. The number of benzene rings is 1. The lowest BCUT2D eigenvalue weighted by molar-refractivity contribution is -0.147. The minimum Gasteiger partial charge on any atom is -0.381 e. The number of nitrogens with two attached hydrogens (primary N) is 1. The molecule has 0 saturated carbocycles. The molecule has 1 saturated heterocycles. The van der Waals surface area contributed by atoms with Crippen molar-refractivity contribution in [1.29, 1.82) is 0 Å². The van der Waals surface area contributed by atoms with E-state index >= 15 is 0 Å². The smallest absolute Gasteiger partial charge is 0.230 e. The Morgan fingerprint density at radius 1 is 1.21 bits per heavy atom. The van der Waals surface area contributed by atoms with Crippen molar-refractivity contribution in [3.8, 4) is 0 Å². The molecular formula is C17H27Cl2N3O2. The van der Waals surface area contributed by atoms with Crippen LogP contribution in [-0.2, 0) is 16.1 Å². The van der Waals surface area contributed by atoms with Gasteiger partial charge in [0.25, 0.3) is 0 Å². The van der Waals surface area contributed by atoms with Crippen molar-refractivity contribution in [2.75, 3.05) is 44.8 Å². The Morgan fingerprint density at radius 3 is 2.54 bits per heavy atom. The molecule has 0 radical (unpaired) electrons. The van der Waals surface area contributed by atoms with Gasteiger partial charge in [-0.3, -0.25) is 4.79 Å². The van der Waals surface area contributed by atoms with Crippen LogP contribution >= 0.6 is 24.8 Å². The molecule has 0 spiro atoms. The zero-order valence-electron chi connectivity index (χ0n) is 14.1. The normalized spacial score (nSPS) is 19.4. The number of carbonyl (C=O) groups excluding carboxylic acids is 1. The first-order valence-electron chi connectivity index (χ1n) is 8.02. The Bertz CT molecular complexity index is 550. The maximum absolute atomic E-state index is 13.1. The van der Waals surface area contributed by atoms with Gasteiger partial charge < -0.3 is 20.3 Å². The van der Waals surface area contributed by atoms with Crippen LogP contribution in [0.1, 0.15) is 18.4 Å². The summed E-state index contributed by atoms with van der Waals surface area (Å²) >= 11 is 0. The van der Waals surface area contributed by atoms with Crippen molar-refractivity contribution in [1.82, 2.24) is 4.90 Å². The molecule has 136 valence electrons. The monoisotopic (exact) mass is 375 g/mol. The summed E-state index contributed by atoms with van der Waals surface area (Å²) in [5.74, 6) is 0.198. The van der Waals surface area contributed by atoms with Gasteiger partial charge in [-0.1, -0.05) is 18.2 Å². The van der Waals surface area contributed by atoms with Gasteiger partial charge in [0.15, 0.2) is 0 Å². The van der Waals surface area contributed by atoms with Gasteiger partial charge in [0.1, 0.15) is 0 Å². The summed E-state index contributed by atoms with van der Waals surface area (Å²) in [6.07, 6.45) is 1.46. The second kappa shape index (κ2) is 8.90. The fourth-order valence-electron chi connectivity index (χ4n) is 3.47. The first-order chi connectivity index (χ1) is 10.7. The maximum Gasteiger partial charge on any atom is 0.230 e. The van der Waals surface area contributed by atoms with E-state index in [0.29, 0.717) is 26.3 Å². The van der Waals surface area contributed by atoms with Gasteiger partial charge in [0.05, 0.1) is 5.41 Å². The van der Waals surface area contributed by atoms with E-state index in [4.69, 9.17) is 10.5 Å². The van der Waals surface area contributed by atoms with Crippen LogP contribution < -0.4 is 10.6 Å². The maximum atomic E-state index is 13.1. The summed E-state index contributed by atoms with van der Waals surface area (Å²) in [6.45, 7) is 3.93. The van der Waals surface area contributed by atoms with Crippen molar-refractivity contribution in [3.05, 3.63) is 29.8 Å². The number of hydrogen-bond acceptors (Lipinski definition) is 4. The molecular weight excluding hydrogens is 349 g/mol. The fourth-order valence-corrected chi connectivity index (χ4v) is 3.47. The number of fused-ring (bicyclic) bond motifs is 1. The molecule has 2 aliphatic rings. The predicted molar refractivity (Wildman–Crippen MR) is 101 cm³/mol. The van der Waals surface area contributed by atoms with Crippen LogP contribution in [0.25, 0.3) is 0 Å². The quantitative estimate of drug-likeness (QED) is 0.859. The first-order valence-corrected chi connectivity index (χ1v) is 8.02. The number of hydrogen-bond donors (Lipinski definition) is 1. The Kier molecular flexibility index (Phi) is 7.80. The third-order valence-electron chi connectivity index (χ3n) is 5.05. The number of nitrogens with zero attached hydrogens (tertiary/aromatic N) is 2. The summed E-state index contributed by atoms with van der Waals surface area (Å²) in [6, 6.07) is 8.31. The summed E-state index contributed by atoms with van der Waals surface area (Å²) in [4.78, 5) is 17.4. The lowest BCUT2D eigenvalue weighted by atomic mass is 9.78. The second-order valence-electron chi connectivity index (χ2n) is 6.37. The van der Waals surface area contributed by atoms with E-state index in [1.807, 2.05) is 17.0 Å². The molecule has 0 aromatic heterocycles. The number of likely N-dealkylation sites (N-methyl/N-ethyl adjacent to an activating group) is 1. The van der Waals surface area contributed by atoms with Crippen molar-refractivity contribution in [2.45, 2.75) is 19.4 Å². The first kappa shape index (κ1) is 21.0. The fraction of sp³-hybridized carbons (Fsp3) is 0.588. The van der Waals surface area contributed by atoms with Crippen LogP contribution in [0.3, 0.4) is 0 Å². The Hall–Kier alpha value is -1.01. The van der Waals surface area contributed by atoms with E-state index in [9.17, 15) is 4.79 Å². The van der Waals surface area contributed by atoms with Crippen molar-refractivity contribution >= 4 is 36.4 Å². The van der Waals surface area contributed by atoms with Crippen LogP contribution in [0.15, 0.2) is 24.3 Å². The van der Waals surface area contributed by atoms with Crippen LogP contribution in [-0.4, -0.2) is 50.7 Å². The third-order valence-corrected chi connectivity index (χ3v) is 5.05. The molecule has 2 heterocycles. The van der Waals surface area contributed by atoms with E-state index in [2.05, 4.69) is 24.1 Å². The SMILES string of the molecule is CN1CCN(C(=O)C2(CN)CCOCC2)Cc2ccccc21.Cl.Cl. The standard InChI is InChI=1S/C17H25N3O2.2ClH/c1-19-8-9-20(12-14-4-2-3-5-15(14)19)16(21)17(13-18)6-10-22-11-7-17;;/h2-5H,6-13,18H2,1H3;2*1H. The van der Waals surface area contributed by atoms with E-state index in [0.717, 1.165) is 25.9 Å². The number of anilines is 1. The van der Waals surface area contributed by atoms with E-state index in [1.54, 1.807) is 0 Å². The summed E-state index contributed by atoms with van der Waals surface area (Å²) in [7, 11) is 2.08. The number of carbonyl (C=O) groups is 1. The molecule has 3 rings (SSSR count). The molecule has 7 heteroatoms. The topological polar surface area (TPSA) is 58.8 Å². The second-order valence-corrected chi connectivity index (χ2v) is 6.37. The lowest BCUT2D eigenvalue weighted by Gasteiger charge is -2.38. The molecule has 0 bridgehead atoms. The van der Waals surface area contributed by atoms with Gasteiger partial charge in [-0.05, 0) is 24.5 Å². The van der Waals surface area contributed by atoms with Gasteiger partial charge >= 0.3 is 0 Å². The van der Waals surface area contributed by atoms with Crippen LogP contribution in [0, 0.1) is 5.41 Å². The highest BCUT2D eigenvalue weighted by molar-refractivity contribution is 5.85. The number of para-hydroxylation sites is 1. The van der Waals surface area contributed by atoms with E-state index in [1.165, 1.54) is 11.3 Å². The molecule has 0 atom stereocenters. The minimum atomic E-state index is -0.434. The zero-order valence-corrected chi connectivity index (χ0v) is 15.7. The molecule has 0 unspecified atom stereocenters. The van der Waals surface area contributed by atoms with Crippen LogP contribution in [0.4, 0.5) is 5.69 Å². The number of halogens is 2. The van der Waals surface area contributed by atoms with Gasteiger partial charge in [0.2, 0.25) is 5.91 Å². The molecule has 5 nitrogen and oxygen atoms in total. The van der Waals surface area contributed by atoms with Gasteiger partial charge in [0, 0.05) is 52.1 Å². The highest BCUT2D eigenvalue weighted by atomic mass is 35.5. The van der Waals surface area contributed by atoms with E-state index < -0.39 is 5.41 Å². The van der Waals surface area contributed by atoms with Crippen LogP contribution in [0.2, 0.25) is 0 Å². The third kappa shape index (κ3) is 3.97. The molecule has 2 N–H and O–H groups in total.